The third-order valence-corrected chi connectivity index (χ3v) is 4.58. The first-order valence-electron chi connectivity index (χ1n) is 5.08. The molecular formula is C11H6BrF3N2O2S. The molecule has 2 rings (SSSR count). The molecule has 0 atom stereocenters. The highest BCUT2D eigenvalue weighted by atomic mass is 79.9. The monoisotopic (exact) mass is 366 g/mol. The van der Waals surface area contributed by atoms with Gasteiger partial charge in [-0.3, -0.25) is 9.71 Å². The lowest BCUT2D eigenvalue weighted by Gasteiger charge is -2.11. The number of halogens is 4. The Labute approximate surface area is 120 Å². The average molecular weight is 367 g/mol. The fraction of sp³-hybridized carbons (Fsp3) is 0. The molecular weight excluding hydrogens is 361 g/mol. The van der Waals surface area contributed by atoms with Crippen molar-refractivity contribution in [1.29, 1.82) is 0 Å². The Hall–Kier alpha value is -1.61. The van der Waals surface area contributed by atoms with Crippen molar-refractivity contribution < 1.29 is 21.6 Å². The zero-order valence-corrected chi connectivity index (χ0v) is 12.0. The van der Waals surface area contributed by atoms with Crippen LogP contribution in [0.5, 0.6) is 0 Å². The van der Waals surface area contributed by atoms with E-state index in [-0.39, 0.29) is 4.47 Å². The van der Waals surface area contributed by atoms with Gasteiger partial charge in [0.25, 0.3) is 10.0 Å². The Morgan fingerprint density at radius 2 is 1.85 bits per heavy atom. The van der Waals surface area contributed by atoms with E-state index in [4.69, 9.17) is 0 Å². The van der Waals surface area contributed by atoms with Crippen LogP contribution in [0.3, 0.4) is 0 Å². The molecule has 0 unspecified atom stereocenters. The molecule has 0 aliphatic rings. The highest BCUT2D eigenvalue weighted by Crippen LogP contribution is 2.28. The van der Waals surface area contributed by atoms with Crippen LogP contribution >= 0.6 is 15.9 Å². The summed E-state index contributed by atoms with van der Waals surface area (Å²) in [5, 5.41) is 0. The number of anilines is 1. The summed E-state index contributed by atoms with van der Waals surface area (Å²) in [5.74, 6) is -3.16. The Morgan fingerprint density at radius 3 is 2.45 bits per heavy atom. The van der Waals surface area contributed by atoms with Crippen molar-refractivity contribution in [2.75, 3.05) is 4.72 Å². The third-order valence-electron chi connectivity index (χ3n) is 2.25. The number of nitrogens with zero attached hydrogens (tertiary/aromatic N) is 1. The Balaban J connectivity index is 2.50. The van der Waals surface area contributed by atoms with E-state index in [1.54, 1.807) is 0 Å². The predicted octanol–water partition coefficient (Wildman–Crippen LogP) is 3.06. The van der Waals surface area contributed by atoms with E-state index in [0.717, 1.165) is 24.5 Å². The molecule has 106 valence electrons. The van der Waals surface area contributed by atoms with Crippen molar-refractivity contribution >= 4 is 31.6 Å². The minimum absolute atomic E-state index is 0.308. The highest BCUT2D eigenvalue weighted by Gasteiger charge is 2.24. The van der Waals surface area contributed by atoms with Gasteiger partial charge in [-0.2, -0.15) is 0 Å². The number of pyridine rings is 1. The van der Waals surface area contributed by atoms with Crippen LogP contribution in [0, 0.1) is 17.5 Å². The number of nitrogens with one attached hydrogen (secondary N) is 1. The summed E-state index contributed by atoms with van der Waals surface area (Å²) in [6.07, 6.45) is 1.96. The van der Waals surface area contributed by atoms with Crippen LogP contribution in [0.25, 0.3) is 0 Å². The van der Waals surface area contributed by atoms with Gasteiger partial charge in [-0.25, -0.2) is 21.6 Å². The van der Waals surface area contributed by atoms with E-state index < -0.39 is 38.1 Å². The molecule has 9 heteroatoms. The molecule has 0 saturated heterocycles. The first-order valence-corrected chi connectivity index (χ1v) is 7.36. The maximum absolute atomic E-state index is 13.6. The summed E-state index contributed by atoms with van der Waals surface area (Å²) in [6.45, 7) is 0. The van der Waals surface area contributed by atoms with E-state index in [9.17, 15) is 21.6 Å². The third kappa shape index (κ3) is 2.93. The van der Waals surface area contributed by atoms with Gasteiger partial charge in [-0.05, 0) is 28.1 Å². The van der Waals surface area contributed by atoms with Crippen molar-refractivity contribution in [3.8, 4) is 0 Å². The summed E-state index contributed by atoms with van der Waals surface area (Å²) in [5.41, 5.74) is -0.393. The van der Waals surface area contributed by atoms with E-state index in [1.165, 1.54) is 0 Å². The topological polar surface area (TPSA) is 59.1 Å². The van der Waals surface area contributed by atoms with Gasteiger partial charge in [0.15, 0.2) is 5.82 Å². The zero-order valence-electron chi connectivity index (χ0n) is 9.57. The van der Waals surface area contributed by atoms with Gasteiger partial charge >= 0.3 is 0 Å². The van der Waals surface area contributed by atoms with Crippen LogP contribution in [0.15, 0.2) is 40.0 Å². The average Bonchev–Trinajstić information content (AvgIpc) is 2.30. The van der Waals surface area contributed by atoms with Crippen LogP contribution in [-0.2, 0) is 10.0 Å². The van der Waals surface area contributed by atoms with Crippen molar-refractivity contribution in [1.82, 2.24) is 4.98 Å². The number of rotatable bonds is 3. The van der Waals surface area contributed by atoms with Crippen molar-refractivity contribution in [3.05, 3.63) is 52.5 Å². The van der Waals surface area contributed by atoms with Gasteiger partial charge in [0.2, 0.25) is 0 Å². The van der Waals surface area contributed by atoms with Crippen molar-refractivity contribution in [3.63, 3.8) is 0 Å². The van der Waals surface area contributed by atoms with E-state index >= 15 is 0 Å². The molecule has 0 fully saturated rings. The molecule has 1 N–H and O–H groups in total. The van der Waals surface area contributed by atoms with Gasteiger partial charge in [-0.1, -0.05) is 0 Å². The standard InChI is InChI=1S/C11H6BrF3N2O2S/c12-7-3-6(13)4-8(14)11(7)20(18,19)17-10-1-2-16-5-9(10)15/h1-5H,(H,16,17). The highest BCUT2D eigenvalue weighted by molar-refractivity contribution is 9.10. The molecule has 4 nitrogen and oxygen atoms in total. The van der Waals surface area contributed by atoms with E-state index in [2.05, 4.69) is 20.9 Å². The largest absolute Gasteiger partial charge is 0.276 e. The van der Waals surface area contributed by atoms with Crippen LogP contribution in [0.2, 0.25) is 0 Å². The quantitative estimate of drug-likeness (QED) is 0.907. The van der Waals surface area contributed by atoms with Gasteiger partial charge < -0.3 is 0 Å². The molecule has 0 bridgehead atoms. The van der Waals surface area contributed by atoms with Gasteiger partial charge in [-0.15, -0.1) is 0 Å². The van der Waals surface area contributed by atoms with Crippen LogP contribution in [0.4, 0.5) is 18.9 Å². The van der Waals surface area contributed by atoms with Gasteiger partial charge in [0, 0.05) is 16.7 Å². The maximum Gasteiger partial charge on any atom is 0.266 e. The lowest BCUT2D eigenvalue weighted by atomic mass is 10.3. The molecule has 0 amide bonds. The van der Waals surface area contributed by atoms with Gasteiger partial charge in [0.1, 0.15) is 16.5 Å². The molecule has 1 aromatic carbocycles. The molecule has 0 spiro atoms. The van der Waals surface area contributed by atoms with Gasteiger partial charge in [0.05, 0.1) is 11.9 Å². The molecule has 0 radical (unpaired) electrons. The Kier molecular flexibility index (Phi) is 4.00. The maximum atomic E-state index is 13.6. The fourth-order valence-corrected chi connectivity index (χ4v) is 3.68. The molecule has 0 aliphatic carbocycles. The lowest BCUT2D eigenvalue weighted by Crippen LogP contribution is -2.16. The van der Waals surface area contributed by atoms with Crippen molar-refractivity contribution in [2.24, 2.45) is 0 Å². The number of hydrogen-bond donors (Lipinski definition) is 1. The minimum atomic E-state index is -4.42. The number of hydrogen-bond acceptors (Lipinski definition) is 3. The molecule has 20 heavy (non-hydrogen) atoms. The Bertz CT molecular complexity index is 745. The minimum Gasteiger partial charge on any atom is -0.276 e. The number of benzene rings is 1. The second-order valence-electron chi connectivity index (χ2n) is 3.66. The smallest absolute Gasteiger partial charge is 0.266 e. The Morgan fingerprint density at radius 1 is 1.15 bits per heavy atom. The van der Waals surface area contributed by atoms with Crippen molar-refractivity contribution in [2.45, 2.75) is 4.90 Å². The van der Waals surface area contributed by atoms with Crippen LogP contribution < -0.4 is 4.72 Å². The summed E-state index contributed by atoms with van der Waals surface area (Å²) in [6, 6.07) is 2.28. The molecule has 1 heterocycles. The second kappa shape index (κ2) is 5.41. The SMILES string of the molecule is O=S(=O)(Nc1ccncc1F)c1c(F)cc(F)cc1Br. The van der Waals surface area contributed by atoms with E-state index in [0.29, 0.717) is 6.07 Å². The summed E-state index contributed by atoms with van der Waals surface area (Å²) >= 11 is 2.76. The normalized spacial score (nSPS) is 11.4. The number of aromatic nitrogens is 1. The van der Waals surface area contributed by atoms with Crippen LogP contribution in [-0.4, -0.2) is 13.4 Å². The predicted molar refractivity (Wildman–Crippen MR) is 69.1 cm³/mol. The van der Waals surface area contributed by atoms with E-state index in [1.807, 2.05) is 4.72 Å². The summed E-state index contributed by atoms with van der Waals surface area (Å²) in [4.78, 5) is 2.64. The molecule has 0 saturated carbocycles. The first-order chi connectivity index (χ1) is 9.31. The van der Waals surface area contributed by atoms with Crippen LogP contribution in [0.1, 0.15) is 0 Å². The number of sulfonamides is 1. The lowest BCUT2D eigenvalue weighted by molar-refractivity contribution is 0.548. The zero-order chi connectivity index (χ0) is 14.9. The molecule has 0 aliphatic heterocycles. The first kappa shape index (κ1) is 14.8. The summed E-state index contributed by atoms with van der Waals surface area (Å²) < 4.78 is 65.5. The molecule has 2 aromatic rings. The fourth-order valence-electron chi connectivity index (χ4n) is 1.44. The summed E-state index contributed by atoms with van der Waals surface area (Å²) in [7, 11) is -4.42. The second-order valence-corrected chi connectivity index (χ2v) is 6.13. The molecule has 1 aromatic heterocycles.